The third kappa shape index (κ3) is 12.6. The van der Waals surface area contributed by atoms with Gasteiger partial charge in [-0.05, 0) is 83.5 Å². The molecule has 2 aliphatic rings. The lowest BCUT2D eigenvalue weighted by atomic mass is 9.78. The maximum atomic E-state index is 10.2. The van der Waals surface area contributed by atoms with Gasteiger partial charge in [0.25, 0.3) is 0 Å². The van der Waals surface area contributed by atoms with E-state index in [0.717, 1.165) is 19.3 Å². The van der Waals surface area contributed by atoms with E-state index in [1.807, 2.05) is 0 Å². The molecule has 4 nitrogen and oxygen atoms in total. The minimum atomic E-state index is -0.675. The summed E-state index contributed by atoms with van der Waals surface area (Å²) >= 11 is 0. The van der Waals surface area contributed by atoms with Crippen LogP contribution in [0.5, 0.6) is 0 Å². The highest BCUT2D eigenvalue weighted by Gasteiger charge is 2.38. The summed E-state index contributed by atoms with van der Waals surface area (Å²) in [5.41, 5.74) is 0.0991. The summed E-state index contributed by atoms with van der Waals surface area (Å²) < 4.78 is 0. The Morgan fingerprint density at radius 2 is 1.09 bits per heavy atom. The Morgan fingerprint density at radius 3 is 1.44 bits per heavy atom. The Hall–Kier alpha value is -0.610. The summed E-state index contributed by atoms with van der Waals surface area (Å²) in [4.78, 5) is 22.1. The molecular weight excluding hydrogens is 400 g/mol. The molecule has 2 saturated carbocycles. The van der Waals surface area contributed by atoms with E-state index >= 15 is 0 Å². The van der Waals surface area contributed by atoms with Gasteiger partial charge in [-0.2, -0.15) is 0 Å². The van der Waals surface area contributed by atoms with E-state index in [-0.39, 0.29) is 11.2 Å². The second-order valence-electron chi connectivity index (χ2n) is 12.6. The molecule has 0 radical (unpaired) electrons. The number of carboxylic acid groups (broad SMARTS) is 1. The standard InChI is InChI=1S/C18H34O2.C10H20O2/c1-17(2,15-11-7-5-8-12-15)19-20-18(3,4)16-13-9-6-10-14-16;1-10(2,3)8-6-4-5-7-9(11)12/h15-16H,5-14H2,1-4H3;4-8H2,1-3H3,(H,11,12). The monoisotopic (exact) mass is 454 g/mol. The molecule has 2 fully saturated rings. The van der Waals surface area contributed by atoms with Gasteiger partial charge in [-0.1, -0.05) is 72.1 Å². The zero-order valence-corrected chi connectivity index (χ0v) is 22.4. The zero-order chi connectivity index (χ0) is 24.3. The number of carbonyl (C=O) groups is 1. The van der Waals surface area contributed by atoms with E-state index < -0.39 is 5.97 Å². The molecule has 1 N–H and O–H groups in total. The van der Waals surface area contributed by atoms with Crippen molar-refractivity contribution in [3.63, 3.8) is 0 Å². The third-order valence-electron chi connectivity index (χ3n) is 7.47. The summed E-state index contributed by atoms with van der Waals surface area (Å²) in [6, 6.07) is 0. The van der Waals surface area contributed by atoms with Crippen LogP contribution in [0.4, 0.5) is 0 Å². The van der Waals surface area contributed by atoms with Crippen LogP contribution in [0.3, 0.4) is 0 Å². The van der Waals surface area contributed by atoms with Crippen LogP contribution in [-0.4, -0.2) is 22.3 Å². The van der Waals surface area contributed by atoms with Crippen molar-refractivity contribution in [2.24, 2.45) is 17.3 Å². The largest absolute Gasteiger partial charge is 0.481 e. The van der Waals surface area contributed by atoms with E-state index in [1.165, 1.54) is 70.6 Å². The first-order valence-electron chi connectivity index (χ1n) is 13.4. The maximum Gasteiger partial charge on any atom is 0.303 e. The molecule has 0 aliphatic heterocycles. The number of hydrogen-bond acceptors (Lipinski definition) is 3. The summed E-state index contributed by atoms with van der Waals surface area (Å²) in [5, 5.41) is 8.37. The highest BCUT2D eigenvalue weighted by molar-refractivity contribution is 5.66. The van der Waals surface area contributed by atoms with Crippen molar-refractivity contribution in [2.75, 3.05) is 0 Å². The fourth-order valence-corrected chi connectivity index (χ4v) is 5.05. The minimum Gasteiger partial charge on any atom is -0.481 e. The fraction of sp³-hybridized carbons (Fsp3) is 0.964. The molecule has 0 atom stereocenters. The van der Waals surface area contributed by atoms with Gasteiger partial charge in [0.15, 0.2) is 0 Å². The molecule has 0 bridgehead atoms. The molecule has 0 amide bonds. The molecule has 0 heterocycles. The molecule has 2 aliphatic carbocycles. The van der Waals surface area contributed by atoms with Crippen molar-refractivity contribution in [3.8, 4) is 0 Å². The van der Waals surface area contributed by atoms with Gasteiger partial charge in [0.2, 0.25) is 0 Å². The SMILES string of the molecule is CC(C)(C)CCCCCC(=O)O.CC(C)(OOC(C)(C)C1CCCCC1)C1CCCCC1. The quantitative estimate of drug-likeness (QED) is 0.204. The number of aliphatic carboxylic acids is 1. The molecule has 0 aromatic heterocycles. The van der Waals surface area contributed by atoms with Gasteiger partial charge in [-0.3, -0.25) is 4.79 Å². The van der Waals surface area contributed by atoms with E-state index in [9.17, 15) is 4.79 Å². The van der Waals surface area contributed by atoms with Gasteiger partial charge in [0.05, 0.1) is 0 Å². The normalized spacial score (nSPS) is 19.3. The first kappa shape index (κ1) is 29.4. The Bertz CT molecular complexity index is 476. The second kappa shape index (κ2) is 13.9. The summed E-state index contributed by atoms with van der Waals surface area (Å²) in [6.45, 7) is 15.5. The molecule has 0 spiro atoms. The lowest BCUT2D eigenvalue weighted by molar-refractivity contribution is -0.419. The predicted molar refractivity (Wildman–Crippen MR) is 134 cm³/mol. The molecular formula is C28H54O4. The van der Waals surface area contributed by atoms with E-state index in [1.54, 1.807) is 0 Å². The Labute approximate surface area is 199 Å². The molecule has 0 unspecified atom stereocenters. The van der Waals surface area contributed by atoms with Gasteiger partial charge < -0.3 is 5.11 Å². The lowest BCUT2D eigenvalue weighted by Crippen LogP contribution is -2.42. The van der Waals surface area contributed by atoms with Crippen molar-refractivity contribution in [3.05, 3.63) is 0 Å². The lowest BCUT2D eigenvalue weighted by Gasteiger charge is -2.41. The van der Waals surface area contributed by atoms with Crippen LogP contribution in [0.1, 0.15) is 145 Å². The Morgan fingerprint density at radius 1 is 0.688 bits per heavy atom. The number of rotatable bonds is 10. The van der Waals surface area contributed by atoms with E-state index in [2.05, 4.69) is 48.5 Å². The van der Waals surface area contributed by atoms with Crippen LogP contribution in [0.2, 0.25) is 0 Å². The van der Waals surface area contributed by atoms with Gasteiger partial charge in [0.1, 0.15) is 11.2 Å². The molecule has 4 heteroatoms. The van der Waals surface area contributed by atoms with E-state index in [0.29, 0.717) is 23.7 Å². The Kier molecular flexibility index (Phi) is 12.8. The second-order valence-corrected chi connectivity index (χ2v) is 12.6. The molecule has 0 saturated heterocycles. The summed E-state index contributed by atoms with van der Waals surface area (Å²) in [5.74, 6) is 0.627. The van der Waals surface area contributed by atoms with Crippen molar-refractivity contribution in [1.82, 2.24) is 0 Å². The molecule has 2 rings (SSSR count). The molecule has 32 heavy (non-hydrogen) atoms. The summed E-state index contributed by atoms with van der Waals surface area (Å²) in [7, 11) is 0. The molecule has 190 valence electrons. The first-order valence-corrected chi connectivity index (χ1v) is 13.4. The minimum absolute atomic E-state index is 0.146. The van der Waals surface area contributed by atoms with Crippen LogP contribution in [0.15, 0.2) is 0 Å². The van der Waals surface area contributed by atoms with Gasteiger partial charge >= 0.3 is 5.97 Å². The number of hydrogen-bond donors (Lipinski definition) is 1. The van der Waals surface area contributed by atoms with Gasteiger partial charge in [-0.15, -0.1) is 0 Å². The Balaban J connectivity index is 0.000000368. The maximum absolute atomic E-state index is 10.2. The smallest absolute Gasteiger partial charge is 0.303 e. The highest BCUT2D eigenvalue weighted by atomic mass is 17.2. The molecule has 0 aromatic rings. The van der Waals surface area contributed by atoms with Crippen molar-refractivity contribution >= 4 is 5.97 Å². The average Bonchev–Trinajstić information content (AvgIpc) is 2.73. The van der Waals surface area contributed by atoms with E-state index in [4.69, 9.17) is 14.9 Å². The average molecular weight is 455 g/mol. The summed E-state index contributed by atoms with van der Waals surface area (Å²) in [6.07, 6.45) is 17.9. The number of carboxylic acids is 1. The molecule has 0 aromatic carbocycles. The number of unbranched alkanes of at least 4 members (excludes halogenated alkanes) is 2. The predicted octanol–water partition coefficient (Wildman–Crippen LogP) is 8.72. The van der Waals surface area contributed by atoms with Crippen molar-refractivity contribution in [1.29, 1.82) is 0 Å². The van der Waals surface area contributed by atoms with Crippen molar-refractivity contribution in [2.45, 2.75) is 156 Å². The van der Waals surface area contributed by atoms with Crippen LogP contribution in [0.25, 0.3) is 0 Å². The first-order chi connectivity index (χ1) is 14.8. The van der Waals surface area contributed by atoms with Gasteiger partial charge in [-0.25, -0.2) is 9.78 Å². The third-order valence-corrected chi connectivity index (χ3v) is 7.47. The van der Waals surface area contributed by atoms with Crippen LogP contribution >= 0.6 is 0 Å². The van der Waals surface area contributed by atoms with Gasteiger partial charge in [0, 0.05) is 6.42 Å². The van der Waals surface area contributed by atoms with Crippen molar-refractivity contribution < 1.29 is 19.7 Å². The van der Waals surface area contributed by atoms with Crippen LogP contribution in [0, 0.1) is 17.3 Å². The highest BCUT2D eigenvalue weighted by Crippen LogP contribution is 2.39. The zero-order valence-electron chi connectivity index (χ0n) is 22.4. The van der Waals surface area contributed by atoms with Crippen LogP contribution in [-0.2, 0) is 14.6 Å². The van der Waals surface area contributed by atoms with Crippen LogP contribution < -0.4 is 0 Å². The fourth-order valence-electron chi connectivity index (χ4n) is 5.05. The topological polar surface area (TPSA) is 55.8 Å².